The maximum Gasteiger partial charge on any atom is 0.0527 e. The van der Waals surface area contributed by atoms with Gasteiger partial charge in [0.1, 0.15) is 0 Å². The third kappa shape index (κ3) is 30.3. The average Bonchev–Trinajstić information content (AvgIpc) is 1.00. The summed E-state index contributed by atoms with van der Waals surface area (Å²) in [6.07, 6.45) is 0. The standard InChI is InChI=1S/2BrH.ClH.H3OP/c;;;1-2/h3*1H;2H3. The summed E-state index contributed by atoms with van der Waals surface area (Å²) in [5.41, 5.74) is 0. The molecule has 0 radical (unpaired) electrons. The molecular formula is H6Br2ClOP. The minimum absolute atomic E-state index is 0. The topological polar surface area (TPSA) is 17.1 Å². The molecule has 0 fully saturated rings. The summed E-state index contributed by atoms with van der Waals surface area (Å²) in [6.45, 7) is 0. The van der Waals surface area contributed by atoms with E-state index in [0.29, 0.717) is 9.12 Å². The minimum Gasteiger partial charge on any atom is -0.333 e. The highest BCUT2D eigenvalue weighted by molar-refractivity contribution is 8.93. The molecular weight excluding hydrogens is 242 g/mol. The molecule has 5 heteroatoms. The van der Waals surface area contributed by atoms with Crippen LogP contribution in [0.4, 0.5) is 0 Å². The van der Waals surface area contributed by atoms with Crippen molar-refractivity contribution < 1.29 is 4.57 Å². The molecule has 0 bridgehead atoms. The highest BCUT2D eigenvalue weighted by Gasteiger charge is 0.593. The number of hydrogen-bond acceptors (Lipinski definition) is 1. The van der Waals surface area contributed by atoms with Crippen LogP contribution in [0.25, 0.3) is 0 Å². The van der Waals surface area contributed by atoms with Gasteiger partial charge >= 0.3 is 0 Å². The fourth-order valence-corrected chi connectivity index (χ4v) is 0. The second kappa shape index (κ2) is 50.2. The molecule has 0 saturated carbocycles. The van der Waals surface area contributed by atoms with E-state index >= 15 is 0 Å². The van der Waals surface area contributed by atoms with Gasteiger partial charge in [-0.1, -0.05) is 0 Å². The van der Waals surface area contributed by atoms with Crippen molar-refractivity contribution in [3.63, 3.8) is 0 Å². The highest BCUT2D eigenvalue weighted by Crippen LogP contribution is 1.23. The molecule has 1 nitrogen and oxygen atoms in total. The average molecular weight is 248 g/mol. The molecule has 0 aromatic heterocycles. The van der Waals surface area contributed by atoms with Crippen LogP contribution in [0, 0.1) is 0 Å². The lowest BCUT2D eigenvalue weighted by Crippen LogP contribution is -0.489. The van der Waals surface area contributed by atoms with Gasteiger partial charge in [-0.05, 0) is 0 Å². The first-order chi connectivity index (χ1) is 1.00. The smallest absolute Gasteiger partial charge is 0.0527 e. The summed E-state index contributed by atoms with van der Waals surface area (Å²) in [4.78, 5) is 0. The second-order valence-corrected chi connectivity index (χ2v) is 0. The molecule has 0 spiro atoms. The van der Waals surface area contributed by atoms with E-state index in [-0.39, 0.29) is 46.4 Å². The molecule has 0 aliphatic heterocycles. The molecule has 0 amide bonds. The van der Waals surface area contributed by atoms with Crippen LogP contribution in [-0.4, -0.2) is 0 Å². The quantitative estimate of drug-likeness (QED) is 0.594. The van der Waals surface area contributed by atoms with Crippen LogP contribution >= 0.6 is 55.5 Å². The van der Waals surface area contributed by atoms with Crippen molar-refractivity contribution >= 4 is 55.5 Å². The van der Waals surface area contributed by atoms with E-state index in [1.54, 1.807) is 0 Å². The molecule has 1 unspecified atom stereocenters. The summed E-state index contributed by atoms with van der Waals surface area (Å²) in [7, 11) is 0.611. The summed E-state index contributed by atoms with van der Waals surface area (Å²) >= 11 is 0. The summed E-state index contributed by atoms with van der Waals surface area (Å²) in [5.74, 6) is 0. The molecule has 0 aliphatic rings. The van der Waals surface area contributed by atoms with Crippen molar-refractivity contribution in [1.82, 2.24) is 0 Å². The Morgan fingerprint density at radius 1 is 1.00 bits per heavy atom. The highest BCUT2D eigenvalue weighted by atomic mass is 79.9. The van der Waals surface area contributed by atoms with Gasteiger partial charge in [0.2, 0.25) is 0 Å². The second-order valence-electron chi connectivity index (χ2n) is 0. The molecule has 5 heavy (non-hydrogen) atoms. The first-order valence-corrected chi connectivity index (χ1v) is 0.866. The molecule has 0 aromatic rings. The van der Waals surface area contributed by atoms with Crippen molar-refractivity contribution in [2.24, 2.45) is 0 Å². The van der Waals surface area contributed by atoms with Crippen molar-refractivity contribution in [2.75, 3.05) is 0 Å². The fourth-order valence-electron chi connectivity index (χ4n) is 0. The first-order valence-electron chi connectivity index (χ1n) is 0.289. The van der Waals surface area contributed by atoms with Crippen LogP contribution in [0.3, 0.4) is 0 Å². The molecule has 0 aromatic carbocycles. The zero-order chi connectivity index (χ0) is 2.00. The predicted octanol–water partition coefficient (Wildman–Crippen LogP) is 1.52. The summed E-state index contributed by atoms with van der Waals surface area (Å²) in [6, 6.07) is 0. The van der Waals surface area contributed by atoms with E-state index in [9.17, 15) is 0 Å². The van der Waals surface area contributed by atoms with Gasteiger partial charge in [0.25, 0.3) is 0 Å². The van der Waals surface area contributed by atoms with Crippen LogP contribution in [0.15, 0.2) is 0 Å². The first kappa shape index (κ1) is 31.6. The summed E-state index contributed by atoms with van der Waals surface area (Å²) in [5, 5.41) is 0. The SMILES string of the molecule is Br.Br.Cl.O=[PH3]. The van der Waals surface area contributed by atoms with Crippen LogP contribution in [0.1, 0.15) is 0 Å². The Bertz CT molecular complexity index is 9.61. The maximum absolute atomic E-state index is 8.28. The molecule has 0 heterocycles. The lowest BCUT2D eigenvalue weighted by Gasteiger charge is -0.873. The van der Waals surface area contributed by atoms with E-state index in [2.05, 4.69) is 0 Å². The monoisotopic (exact) mass is 246 g/mol. The van der Waals surface area contributed by atoms with Gasteiger partial charge in [-0.25, -0.2) is 0 Å². The molecule has 0 aliphatic carbocycles. The molecule has 0 saturated heterocycles. The third-order valence-corrected chi connectivity index (χ3v) is 0. The van der Waals surface area contributed by atoms with Gasteiger partial charge in [-0.15, -0.1) is 46.4 Å². The maximum atomic E-state index is 8.28. The Balaban J connectivity index is -0.00000000167. The van der Waals surface area contributed by atoms with E-state index in [1.807, 2.05) is 0 Å². The van der Waals surface area contributed by atoms with E-state index in [0.717, 1.165) is 0 Å². The van der Waals surface area contributed by atoms with E-state index in [4.69, 9.17) is 4.57 Å². The predicted molar refractivity (Wildman–Crippen MR) is 39.7 cm³/mol. The van der Waals surface area contributed by atoms with Gasteiger partial charge in [0.05, 0.1) is 9.12 Å². The Morgan fingerprint density at radius 2 is 1.00 bits per heavy atom. The van der Waals surface area contributed by atoms with Crippen LogP contribution < -0.4 is 0 Å². The third-order valence-electron chi connectivity index (χ3n) is 0. The molecule has 38 valence electrons. The molecule has 0 N–H and O–H groups in total. The largest absolute Gasteiger partial charge is 0.333 e. The van der Waals surface area contributed by atoms with E-state index < -0.39 is 0 Å². The normalized spacial score (nSPS) is 1.60. The Labute approximate surface area is 60.1 Å². The van der Waals surface area contributed by atoms with E-state index in [1.165, 1.54) is 0 Å². The minimum atomic E-state index is 0. The van der Waals surface area contributed by atoms with Crippen molar-refractivity contribution in [2.45, 2.75) is 0 Å². The van der Waals surface area contributed by atoms with Gasteiger partial charge in [-0.2, -0.15) is 0 Å². The summed E-state index contributed by atoms with van der Waals surface area (Å²) < 4.78 is 8.28. The van der Waals surface area contributed by atoms with Gasteiger partial charge in [-0.3, -0.25) is 0 Å². The van der Waals surface area contributed by atoms with Gasteiger partial charge in [0, 0.05) is 0 Å². The Morgan fingerprint density at radius 3 is 1.00 bits per heavy atom. The lowest BCUT2D eigenvalue weighted by molar-refractivity contribution is 0.607. The van der Waals surface area contributed by atoms with Gasteiger partial charge < -0.3 is 4.57 Å². The number of halogens is 3. The van der Waals surface area contributed by atoms with Crippen LogP contribution in [0.5, 0.6) is 0 Å². The van der Waals surface area contributed by atoms with Crippen molar-refractivity contribution in [3.05, 3.63) is 0 Å². The van der Waals surface area contributed by atoms with Crippen LogP contribution in [-0.2, 0) is 4.57 Å². The number of rotatable bonds is 0. The zero-order valence-corrected chi connectivity index (χ0v) is 8.00. The number of hydrogen-bond donors (Lipinski definition) is 0. The molecule has 0 rings (SSSR count). The zero-order valence-electron chi connectivity index (χ0n) is 2.34. The van der Waals surface area contributed by atoms with Crippen LogP contribution in [0.2, 0.25) is 0 Å². The molecule has 1 atom stereocenters. The Hall–Kier alpha value is 1.48. The van der Waals surface area contributed by atoms with Gasteiger partial charge in [0.15, 0.2) is 0 Å². The van der Waals surface area contributed by atoms with Crippen molar-refractivity contribution in [1.29, 1.82) is 0 Å². The Kier molecular flexibility index (Phi) is 318. The van der Waals surface area contributed by atoms with Crippen molar-refractivity contribution in [3.8, 4) is 0 Å². The lowest BCUT2D eigenvalue weighted by atomic mass is 16.0. The fraction of sp³-hybridized carbons (Fsp3) is 0.